The monoisotopic (exact) mass is 338 g/mol. The number of nitrogens with one attached hydrogen (secondary N) is 1. The molecule has 0 aliphatic carbocycles. The van der Waals surface area contributed by atoms with Crippen molar-refractivity contribution < 1.29 is 9.21 Å². The zero-order chi connectivity index (χ0) is 17.4. The Bertz CT molecular complexity index is 895. The first kappa shape index (κ1) is 15.9. The van der Waals surface area contributed by atoms with Crippen LogP contribution in [0.2, 0.25) is 0 Å². The molecule has 1 saturated heterocycles. The van der Waals surface area contributed by atoms with Crippen LogP contribution >= 0.6 is 0 Å². The zero-order valence-electron chi connectivity index (χ0n) is 14.5. The summed E-state index contributed by atoms with van der Waals surface area (Å²) in [5.74, 6) is 0.372. The summed E-state index contributed by atoms with van der Waals surface area (Å²) in [5.41, 5.74) is 1.37. The molecule has 3 aromatic rings. The molecule has 0 radical (unpaired) electrons. The Balaban J connectivity index is 1.79. The van der Waals surface area contributed by atoms with Crippen LogP contribution in [0.1, 0.15) is 30.0 Å². The third-order valence-electron chi connectivity index (χ3n) is 4.82. The lowest BCUT2D eigenvalue weighted by Crippen LogP contribution is -2.59. The third-order valence-corrected chi connectivity index (χ3v) is 4.82. The van der Waals surface area contributed by atoms with E-state index in [1.54, 1.807) is 6.20 Å². The number of carbonyl (C=O) groups excluding carboxylic acids is 1. The average molecular weight is 338 g/mol. The molecule has 1 aliphatic heterocycles. The van der Waals surface area contributed by atoms with Gasteiger partial charge in [0.05, 0.1) is 12.1 Å². The lowest BCUT2D eigenvalue weighted by Gasteiger charge is -2.42. The van der Waals surface area contributed by atoms with E-state index >= 15 is 0 Å². The van der Waals surface area contributed by atoms with Gasteiger partial charge in [-0.25, -0.2) is 0 Å². The number of hydrogen-bond donors (Lipinski definition) is 1. The number of piperazine rings is 1. The standard InChI is InChI=1S/C19H22N4O2/c1-19(2)13-20-9-11-23(19)18(24)17-15(12-22-10-5-8-21-22)14-6-3-4-7-16(14)25-17/h3-8,10,20H,9,11-13H2,1-2H3. The SMILES string of the molecule is CC1(C)CNCCN1C(=O)c1oc2ccccc2c1Cn1cccn1. The number of carbonyl (C=O) groups is 1. The van der Waals surface area contributed by atoms with E-state index in [9.17, 15) is 4.79 Å². The molecule has 0 atom stereocenters. The van der Waals surface area contributed by atoms with E-state index in [1.807, 2.05) is 46.1 Å². The molecule has 1 aromatic carbocycles. The highest BCUT2D eigenvalue weighted by atomic mass is 16.3. The Morgan fingerprint density at radius 3 is 2.92 bits per heavy atom. The van der Waals surface area contributed by atoms with Crippen LogP contribution in [0.3, 0.4) is 0 Å². The van der Waals surface area contributed by atoms with Gasteiger partial charge in [-0.3, -0.25) is 9.48 Å². The second-order valence-electron chi connectivity index (χ2n) is 7.06. The molecular formula is C19H22N4O2. The summed E-state index contributed by atoms with van der Waals surface area (Å²) in [7, 11) is 0. The van der Waals surface area contributed by atoms with E-state index in [4.69, 9.17) is 4.42 Å². The van der Waals surface area contributed by atoms with Crippen molar-refractivity contribution in [2.24, 2.45) is 0 Å². The molecule has 130 valence electrons. The smallest absolute Gasteiger partial charge is 0.290 e. The van der Waals surface area contributed by atoms with Crippen LogP contribution in [0, 0.1) is 0 Å². The fraction of sp³-hybridized carbons (Fsp3) is 0.368. The van der Waals surface area contributed by atoms with Gasteiger partial charge in [-0.2, -0.15) is 5.10 Å². The third kappa shape index (κ3) is 2.82. The van der Waals surface area contributed by atoms with Gasteiger partial charge in [-0.15, -0.1) is 0 Å². The van der Waals surface area contributed by atoms with Crippen molar-refractivity contribution in [2.75, 3.05) is 19.6 Å². The van der Waals surface area contributed by atoms with Crippen LogP contribution in [0.5, 0.6) is 0 Å². The molecule has 0 saturated carbocycles. The lowest BCUT2D eigenvalue weighted by atomic mass is 9.99. The number of fused-ring (bicyclic) bond motifs is 1. The van der Waals surface area contributed by atoms with E-state index < -0.39 is 0 Å². The lowest BCUT2D eigenvalue weighted by molar-refractivity contribution is 0.0446. The molecule has 2 aromatic heterocycles. The minimum Gasteiger partial charge on any atom is -0.451 e. The molecule has 0 unspecified atom stereocenters. The van der Waals surface area contributed by atoms with Crippen LogP contribution in [-0.2, 0) is 6.54 Å². The molecule has 1 amide bonds. The van der Waals surface area contributed by atoms with E-state index in [0.717, 1.165) is 29.6 Å². The molecule has 25 heavy (non-hydrogen) atoms. The summed E-state index contributed by atoms with van der Waals surface area (Å²) in [6, 6.07) is 9.67. The number of rotatable bonds is 3. The summed E-state index contributed by atoms with van der Waals surface area (Å²) in [6.45, 7) is 6.90. The molecule has 6 heteroatoms. The highest BCUT2D eigenvalue weighted by molar-refractivity contribution is 5.99. The normalized spacial score (nSPS) is 17.1. The van der Waals surface area contributed by atoms with Crippen LogP contribution < -0.4 is 5.32 Å². The van der Waals surface area contributed by atoms with Gasteiger partial charge in [0, 0.05) is 43.0 Å². The highest BCUT2D eigenvalue weighted by Crippen LogP contribution is 2.29. The summed E-state index contributed by atoms with van der Waals surface area (Å²) in [6.07, 6.45) is 3.63. The first-order valence-electron chi connectivity index (χ1n) is 8.57. The fourth-order valence-electron chi connectivity index (χ4n) is 3.47. The predicted octanol–water partition coefficient (Wildman–Crippen LogP) is 2.50. The number of benzene rings is 1. The van der Waals surface area contributed by atoms with Crippen molar-refractivity contribution in [2.45, 2.75) is 25.9 Å². The predicted molar refractivity (Wildman–Crippen MR) is 95.5 cm³/mol. The first-order chi connectivity index (χ1) is 12.1. The number of nitrogens with zero attached hydrogens (tertiary/aromatic N) is 3. The van der Waals surface area contributed by atoms with Crippen molar-refractivity contribution in [3.63, 3.8) is 0 Å². The van der Waals surface area contributed by atoms with E-state index in [2.05, 4.69) is 24.3 Å². The van der Waals surface area contributed by atoms with E-state index in [-0.39, 0.29) is 11.4 Å². The maximum absolute atomic E-state index is 13.3. The summed E-state index contributed by atoms with van der Waals surface area (Å²) >= 11 is 0. The maximum Gasteiger partial charge on any atom is 0.290 e. The number of amides is 1. The van der Waals surface area contributed by atoms with Crippen molar-refractivity contribution in [1.82, 2.24) is 20.0 Å². The summed E-state index contributed by atoms with van der Waals surface area (Å²) < 4.78 is 7.82. The van der Waals surface area contributed by atoms with Gasteiger partial charge in [0.25, 0.3) is 5.91 Å². The second-order valence-corrected chi connectivity index (χ2v) is 7.06. The largest absolute Gasteiger partial charge is 0.451 e. The van der Waals surface area contributed by atoms with E-state index in [1.165, 1.54) is 0 Å². The number of aromatic nitrogens is 2. The molecule has 1 N–H and O–H groups in total. The van der Waals surface area contributed by atoms with Gasteiger partial charge in [0.2, 0.25) is 0 Å². The molecule has 1 aliphatic rings. The quantitative estimate of drug-likeness (QED) is 0.797. The Morgan fingerprint density at radius 2 is 2.16 bits per heavy atom. The van der Waals surface area contributed by atoms with Crippen LogP contribution in [0.15, 0.2) is 47.1 Å². The van der Waals surface area contributed by atoms with E-state index in [0.29, 0.717) is 18.8 Å². The van der Waals surface area contributed by atoms with Gasteiger partial charge in [0.15, 0.2) is 5.76 Å². The molecule has 4 rings (SSSR count). The molecular weight excluding hydrogens is 316 g/mol. The molecule has 3 heterocycles. The molecule has 0 spiro atoms. The Kier molecular flexibility index (Phi) is 3.84. The topological polar surface area (TPSA) is 63.3 Å². The van der Waals surface area contributed by atoms with Gasteiger partial charge >= 0.3 is 0 Å². The fourth-order valence-corrected chi connectivity index (χ4v) is 3.47. The van der Waals surface area contributed by atoms with Crippen LogP contribution in [0.25, 0.3) is 11.0 Å². The zero-order valence-corrected chi connectivity index (χ0v) is 14.5. The van der Waals surface area contributed by atoms with Crippen molar-refractivity contribution >= 4 is 16.9 Å². The van der Waals surface area contributed by atoms with Crippen molar-refractivity contribution in [3.05, 3.63) is 54.0 Å². The Morgan fingerprint density at radius 1 is 1.32 bits per heavy atom. The van der Waals surface area contributed by atoms with Crippen LogP contribution in [0.4, 0.5) is 0 Å². The van der Waals surface area contributed by atoms with Gasteiger partial charge in [-0.1, -0.05) is 18.2 Å². The Labute approximate surface area is 146 Å². The second kappa shape index (κ2) is 6.04. The average Bonchev–Trinajstić information content (AvgIpc) is 3.23. The highest BCUT2D eigenvalue weighted by Gasteiger charge is 2.36. The molecule has 6 nitrogen and oxygen atoms in total. The number of para-hydroxylation sites is 1. The van der Waals surface area contributed by atoms with Gasteiger partial charge in [-0.05, 0) is 26.0 Å². The number of hydrogen-bond acceptors (Lipinski definition) is 4. The van der Waals surface area contributed by atoms with Crippen molar-refractivity contribution in [3.8, 4) is 0 Å². The Hall–Kier alpha value is -2.60. The molecule has 0 bridgehead atoms. The van der Waals surface area contributed by atoms with Crippen LogP contribution in [-0.4, -0.2) is 45.8 Å². The maximum atomic E-state index is 13.3. The minimum absolute atomic E-state index is 0.0511. The number of furan rings is 1. The summed E-state index contributed by atoms with van der Waals surface area (Å²) in [4.78, 5) is 15.2. The van der Waals surface area contributed by atoms with Crippen molar-refractivity contribution in [1.29, 1.82) is 0 Å². The van der Waals surface area contributed by atoms with Gasteiger partial charge in [0.1, 0.15) is 5.58 Å². The first-order valence-corrected chi connectivity index (χ1v) is 8.57. The summed E-state index contributed by atoms with van der Waals surface area (Å²) in [5, 5.41) is 8.60. The van der Waals surface area contributed by atoms with Gasteiger partial charge < -0.3 is 14.6 Å². The molecule has 1 fully saturated rings. The minimum atomic E-state index is -0.253.